The van der Waals surface area contributed by atoms with Gasteiger partial charge in [-0.1, -0.05) is 24.3 Å². The molecule has 5 heteroatoms. The molecule has 27 heavy (non-hydrogen) atoms. The molecule has 1 aliphatic heterocycles. The van der Waals surface area contributed by atoms with Crippen molar-refractivity contribution in [3.8, 4) is 16.9 Å². The molecule has 0 aliphatic carbocycles. The molecule has 138 valence electrons. The molecule has 0 bridgehead atoms. The molecule has 0 spiro atoms. The number of halogens is 1. The predicted molar refractivity (Wildman–Crippen MR) is 105 cm³/mol. The van der Waals surface area contributed by atoms with E-state index in [0.29, 0.717) is 12.3 Å². The summed E-state index contributed by atoms with van der Waals surface area (Å²) in [5.74, 6) is 1.06. The highest BCUT2D eigenvalue weighted by atomic mass is 19.1. The summed E-state index contributed by atoms with van der Waals surface area (Å²) in [7, 11) is 0. The van der Waals surface area contributed by atoms with Gasteiger partial charge in [0.05, 0.1) is 0 Å². The van der Waals surface area contributed by atoms with E-state index in [0.717, 1.165) is 48.7 Å². The summed E-state index contributed by atoms with van der Waals surface area (Å²) in [6.45, 7) is 4.34. The third kappa shape index (κ3) is 4.09. The van der Waals surface area contributed by atoms with E-state index in [2.05, 4.69) is 14.8 Å². The van der Waals surface area contributed by atoms with Crippen LogP contribution in [-0.2, 0) is 6.54 Å². The molecule has 2 heterocycles. The zero-order valence-electron chi connectivity index (χ0n) is 15.1. The van der Waals surface area contributed by atoms with Crippen LogP contribution in [0.4, 0.5) is 10.2 Å². The van der Waals surface area contributed by atoms with Gasteiger partial charge in [0.25, 0.3) is 0 Å². The number of phenolic OH excluding ortho intramolecular Hbond substituents is 1. The highest BCUT2D eigenvalue weighted by molar-refractivity contribution is 5.65. The zero-order valence-corrected chi connectivity index (χ0v) is 15.1. The summed E-state index contributed by atoms with van der Waals surface area (Å²) in [5, 5.41) is 10.3. The third-order valence-electron chi connectivity index (χ3n) is 5.00. The van der Waals surface area contributed by atoms with Crippen molar-refractivity contribution < 1.29 is 9.50 Å². The summed E-state index contributed by atoms with van der Waals surface area (Å²) in [6.07, 6.45) is 1.82. The molecule has 0 unspecified atom stereocenters. The Kier molecular flexibility index (Phi) is 5.03. The number of aromatic nitrogens is 1. The van der Waals surface area contributed by atoms with Gasteiger partial charge in [-0.25, -0.2) is 9.37 Å². The monoisotopic (exact) mass is 363 g/mol. The first kappa shape index (κ1) is 17.5. The summed E-state index contributed by atoms with van der Waals surface area (Å²) in [6, 6.07) is 18.0. The first-order chi connectivity index (χ1) is 13.2. The summed E-state index contributed by atoms with van der Waals surface area (Å²) in [4.78, 5) is 9.04. The van der Waals surface area contributed by atoms with E-state index in [1.807, 2.05) is 36.5 Å². The van der Waals surface area contributed by atoms with Crippen molar-refractivity contribution in [3.05, 3.63) is 78.2 Å². The lowest BCUT2D eigenvalue weighted by atomic mass is 10.0. The van der Waals surface area contributed by atoms with Crippen LogP contribution in [0.15, 0.2) is 66.9 Å². The average Bonchev–Trinajstić information content (AvgIpc) is 2.71. The Morgan fingerprint density at radius 3 is 2.33 bits per heavy atom. The number of nitrogens with zero attached hydrogens (tertiary/aromatic N) is 3. The molecule has 0 atom stereocenters. The molecule has 0 radical (unpaired) electrons. The normalized spacial score (nSPS) is 15.1. The summed E-state index contributed by atoms with van der Waals surface area (Å²) >= 11 is 0. The van der Waals surface area contributed by atoms with Gasteiger partial charge in [0, 0.05) is 44.5 Å². The Balaban J connectivity index is 1.44. The lowest BCUT2D eigenvalue weighted by molar-refractivity contribution is 0.246. The summed E-state index contributed by atoms with van der Waals surface area (Å²) < 4.78 is 13.2. The number of aromatic hydroxyl groups is 1. The minimum atomic E-state index is -0.247. The van der Waals surface area contributed by atoms with E-state index in [1.54, 1.807) is 18.2 Å². The molecule has 1 saturated heterocycles. The molecule has 1 N–H and O–H groups in total. The highest BCUT2D eigenvalue weighted by Crippen LogP contribution is 2.27. The number of phenols is 1. The van der Waals surface area contributed by atoms with E-state index < -0.39 is 0 Å². The molecule has 0 saturated carbocycles. The van der Waals surface area contributed by atoms with E-state index >= 15 is 0 Å². The second kappa shape index (κ2) is 7.76. The first-order valence-electron chi connectivity index (χ1n) is 9.15. The number of anilines is 1. The minimum Gasteiger partial charge on any atom is -0.508 e. The Labute approximate surface area is 158 Å². The topological polar surface area (TPSA) is 39.6 Å². The molecule has 1 fully saturated rings. The van der Waals surface area contributed by atoms with Crippen LogP contribution < -0.4 is 4.90 Å². The largest absolute Gasteiger partial charge is 0.508 e. The van der Waals surface area contributed by atoms with Gasteiger partial charge in [0.15, 0.2) is 0 Å². The lowest BCUT2D eigenvalue weighted by Crippen LogP contribution is -2.46. The van der Waals surface area contributed by atoms with Crippen LogP contribution in [0, 0.1) is 5.82 Å². The van der Waals surface area contributed by atoms with Gasteiger partial charge < -0.3 is 10.0 Å². The van der Waals surface area contributed by atoms with Crippen LogP contribution in [0.2, 0.25) is 0 Å². The van der Waals surface area contributed by atoms with E-state index in [1.165, 1.54) is 12.1 Å². The van der Waals surface area contributed by atoms with E-state index in [9.17, 15) is 9.50 Å². The zero-order chi connectivity index (χ0) is 18.6. The number of benzene rings is 2. The molecule has 0 amide bonds. The van der Waals surface area contributed by atoms with Crippen molar-refractivity contribution in [3.63, 3.8) is 0 Å². The van der Waals surface area contributed by atoms with Gasteiger partial charge in [0.1, 0.15) is 17.4 Å². The molecule has 4 rings (SSSR count). The van der Waals surface area contributed by atoms with Crippen molar-refractivity contribution >= 4 is 5.82 Å². The van der Waals surface area contributed by atoms with Gasteiger partial charge in [-0.2, -0.15) is 0 Å². The van der Waals surface area contributed by atoms with Gasteiger partial charge >= 0.3 is 0 Å². The molecule has 1 aromatic heterocycles. The van der Waals surface area contributed by atoms with Crippen LogP contribution in [-0.4, -0.2) is 41.2 Å². The van der Waals surface area contributed by atoms with Crippen molar-refractivity contribution in [1.82, 2.24) is 9.88 Å². The van der Waals surface area contributed by atoms with Crippen LogP contribution >= 0.6 is 0 Å². The summed E-state index contributed by atoms with van der Waals surface area (Å²) in [5.41, 5.74) is 2.82. The maximum Gasteiger partial charge on any atom is 0.128 e. The SMILES string of the molecule is Oc1ccc(-c2ccc(F)cc2)cc1CN1CCN(c2ccccn2)CC1. The van der Waals surface area contributed by atoms with Crippen molar-refractivity contribution in [2.45, 2.75) is 6.54 Å². The lowest BCUT2D eigenvalue weighted by Gasteiger charge is -2.35. The second-order valence-electron chi connectivity index (χ2n) is 6.80. The van der Waals surface area contributed by atoms with Crippen LogP contribution in [0.25, 0.3) is 11.1 Å². The molecule has 2 aromatic carbocycles. The van der Waals surface area contributed by atoms with Gasteiger partial charge in [-0.3, -0.25) is 4.90 Å². The van der Waals surface area contributed by atoms with Crippen LogP contribution in [0.5, 0.6) is 5.75 Å². The fraction of sp³-hybridized carbons (Fsp3) is 0.227. The highest BCUT2D eigenvalue weighted by Gasteiger charge is 2.19. The van der Waals surface area contributed by atoms with Crippen molar-refractivity contribution in [1.29, 1.82) is 0 Å². The molecular weight excluding hydrogens is 341 g/mol. The molecule has 1 aliphatic rings. The predicted octanol–water partition coefficient (Wildman–Crippen LogP) is 3.92. The number of hydrogen-bond acceptors (Lipinski definition) is 4. The maximum absolute atomic E-state index is 13.2. The van der Waals surface area contributed by atoms with Crippen molar-refractivity contribution in [2.24, 2.45) is 0 Å². The number of rotatable bonds is 4. The molecular formula is C22H22FN3O. The van der Waals surface area contributed by atoms with E-state index in [4.69, 9.17) is 0 Å². The molecule has 3 aromatic rings. The third-order valence-corrected chi connectivity index (χ3v) is 5.00. The van der Waals surface area contributed by atoms with Gasteiger partial charge in [-0.15, -0.1) is 0 Å². The number of piperazine rings is 1. The Morgan fingerprint density at radius 1 is 0.889 bits per heavy atom. The van der Waals surface area contributed by atoms with Crippen LogP contribution in [0.1, 0.15) is 5.56 Å². The van der Waals surface area contributed by atoms with Crippen molar-refractivity contribution in [2.75, 3.05) is 31.1 Å². The second-order valence-corrected chi connectivity index (χ2v) is 6.80. The quantitative estimate of drug-likeness (QED) is 0.763. The fourth-order valence-corrected chi connectivity index (χ4v) is 3.45. The fourth-order valence-electron chi connectivity index (χ4n) is 3.45. The van der Waals surface area contributed by atoms with Gasteiger partial charge in [0.2, 0.25) is 0 Å². The average molecular weight is 363 g/mol. The Bertz CT molecular complexity index is 891. The number of pyridine rings is 1. The smallest absolute Gasteiger partial charge is 0.128 e. The molecule has 4 nitrogen and oxygen atoms in total. The van der Waals surface area contributed by atoms with Crippen LogP contribution in [0.3, 0.4) is 0 Å². The maximum atomic E-state index is 13.2. The Hall–Kier alpha value is -2.92. The first-order valence-corrected chi connectivity index (χ1v) is 9.15. The minimum absolute atomic E-state index is 0.247. The standard InChI is InChI=1S/C22H22FN3O/c23-20-7-4-17(5-8-20)18-6-9-21(27)19(15-18)16-25-11-13-26(14-12-25)22-3-1-2-10-24-22/h1-10,15,27H,11-14,16H2. The Morgan fingerprint density at radius 2 is 1.63 bits per heavy atom. The van der Waals surface area contributed by atoms with E-state index in [-0.39, 0.29) is 5.82 Å². The number of hydrogen-bond donors (Lipinski definition) is 1. The van der Waals surface area contributed by atoms with Gasteiger partial charge in [-0.05, 0) is 47.5 Å².